The van der Waals surface area contributed by atoms with Crippen molar-refractivity contribution in [1.29, 1.82) is 0 Å². The Morgan fingerprint density at radius 2 is 2.06 bits per heavy atom. The lowest BCUT2D eigenvalue weighted by molar-refractivity contribution is -0.188. The molecule has 2 aromatic heterocycles. The summed E-state index contributed by atoms with van der Waals surface area (Å²) in [5.74, 6) is -1.21. The van der Waals surface area contributed by atoms with E-state index in [1.807, 2.05) is 24.3 Å². The summed E-state index contributed by atoms with van der Waals surface area (Å²) >= 11 is 6.31. The van der Waals surface area contributed by atoms with E-state index in [0.29, 0.717) is 23.5 Å². The Bertz CT molecular complexity index is 1370. The van der Waals surface area contributed by atoms with Crippen LogP contribution in [-0.2, 0) is 43.7 Å². The summed E-state index contributed by atoms with van der Waals surface area (Å²) in [5.41, 5.74) is 7.71. The van der Waals surface area contributed by atoms with Crippen molar-refractivity contribution in [3.63, 3.8) is 0 Å². The fourth-order valence-electron chi connectivity index (χ4n) is 4.66. The average Bonchev–Trinajstić information content (AvgIpc) is 3.18. The van der Waals surface area contributed by atoms with Gasteiger partial charge in [0.15, 0.2) is 0 Å². The lowest BCUT2D eigenvalue weighted by Gasteiger charge is -2.35. The van der Waals surface area contributed by atoms with Crippen molar-refractivity contribution < 1.29 is 19.1 Å². The molecule has 33 heavy (non-hydrogen) atoms. The normalized spacial score (nSPS) is 18.1. The first kappa shape index (κ1) is 23.2. The number of alkyl halides is 1. The molecule has 0 amide bonds. The summed E-state index contributed by atoms with van der Waals surface area (Å²) in [7, 11) is 0. The molecule has 3 aromatic rings. The quantitative estimate of drug-likeness (QED) is 0.346. The van der Waals surface area contributed by atoms with E-state index in [-0.39, 0.29) is 42.4 Å². The lowest BCUT2D eigenvalue weighted by atomic mass is 9.85. The molecule has 0 saturated heterocycles. The van der Waals surface area contributed by atoms with Crippen LogP contribution in [0, 0.1) is 0 Å². The Morgan fingerprint density at radius 1 is 1.30 bits per heavy atom. The number of hydrogen-bond acceptors (Lipinski definition) is 7. The number of aromatic nitrogens is 2. The standard InChI is InChI=1S/C23H20ClN3O5.ClH/c1-2-23(32-19(28)9-25)16-7-18-20-14(10-27(18)21(29)15(16)11-31-22(23)30)13(8-24)12-5-3-4-6-17(12)26-20;/h3-7H,2,8-11,25H2,1H3;1H/t23-;/m0./s1. The fourth-order valence-corrected chi connectivity index (χ4v) is 4.96. The van der Waals surface area contributed by atoms with Crippen LogP contribution in [0.2, 0.25) is 0 Å². The van der Waals surface area contributed by atoms with E-state index in [2.05, 4.69) is 0 Å². The highest BCUT2D eigenvalue weighted by Gasteiger charge is 2.50. The van der Waals surface area contributed by atoms with E-state index in [1.165, 1.54) is 0 Å². The smallest absolute Gasteiger partial charge is 0.355 e. The minimum atomic E-state index is -1.73. The van der Waals surface area contributed by atoms with E-state index in [9.17, 15) is 14.4 Å². The second-order valence-electron chi connectivity index (χ2n) is 7.82. The van der Waals surface area contributed by atoms with Crippen LogP contribution >= 0.6 is 24.0 Å². The second-order valence-corrected chi connectivity index (χ2v) is 8.08. The van der Waals surface area contributed by atoms with Gasteiger partial charge < -0.3 is 19.8 Å². The molecule has 1 aromatic carbocycles. The predicted octanol–water partition coefficient (Wildman–Crippen LogP) is 2.75. The third-order valence-electron chi connectivity index (χ3n) is 6.27. The number of esters is 2. The summed E-state index contributed by atoms with van der Waals surface area (Å²) in [6, 6.07) is 9.37. The molecule has 0 aliphatic carbocycles. The van der Waals surface area contributed by atoms with E-state index < -0.39 is 24.1 Å². The van der Waals surface area contributed by atoms with Crippen LogP contribution in [0.25, 0.3) is 22.3 Å². The summed E-state index contributed by atoms with van der Waals surface area (Å²) in [6.45, 7) is 1.41. The minimum absolute atomic E-state index is 0. The molecule has 2 aliphatic heterocycles. The zero-order chi connectivity index (χ0) is 22.6. The third kappa shape index (κ3) is 3.24. The maximum atomic E-state index is 13.5. The molecule has 8 nitrogen and oxygen atoms in total. The van der Waals surface area contributed by atoms with E-state index in [4.69, 9.17) is 31.8 Å². The highest BCUT2D eigenvalue weighted by Crippen LogP contribution is 2.42. The van der Waals surface area contributed by atoms with Crippen molar-refractivity contribution >= 4 is 46.8 Å². The Balaban J connectivity index is 0.00000259. The number of nitrogens with zero attached hydrogens (tertiary/aromatic N) is 2. The molecule has 2 aliphatic rings. The van der Waals surface area contributed by atoms with Gasteiger partial charge in [0.25, 0.3) is 5.56 Å². The number of rotatable bonds is 4. The van der Waals surface area contributed by atoms with Gasteiger partial charge in [-0.1, -0.05) is 25.1 Å². The van der Waals surface area contributed by atoms with Crippen LogP contribution in [0.5, 0.6) is 0 Å². The SMILES string of the molecule is CC[C@@]1(OC(=O)CN)C(=O)OCc2c1cc1n(c2=O)Cc2c-1nc1ccccc1c2CCl.Cl. The number of pyridine rings is 2. The van der Waals surface area contributed by atoms with E-state index in [0.717, 1.165) is 22.0 Å². The van der Waals surface area contributed by atoms with Gasteiger partial charge in [0.05, 0.1) is 35.6 Å². The lowest BCUT2D eigenvalue weighted by Crippen LogP contribution is -2.48. The zero-order valence-corrected chi connectivity index (χ0v) is 19.3. The molecule has 5 rings (SSSR count). The van der Waals surface area contributed by atoms with E-state index >= 15 is 0 Å². The maximum absolute atomic E-state index is 13.5. The second kappa shape index (κ2) is 8.44. The van der Waals surface area contributed by atoms with Gasteiger partial charge in [-0.2, -0.15) is 0 Å². The highest BCUT2D eigenvalue weighted by atomic mass is 35.5. The van der Waals surface area contributed by atoms with Crippen LogP contribution in [0.15, 0.2) is 35.1 Å². The molecule has 172 valence electrons. The molecule has 0 radical (unpaired) electrons. The number of cyclic esters (lactones) is 1. The highest BCUT2D eigenvalue weighted by molar-refractivity contribution is 6.18. The maximum Gasteiger partial charge on any atom is 0.355 e. The number of para-hydroxylation sites is 1. The summed E-state index contributed by atoms with van der Waals surface area (Å²) in [4.78, 5) is 43.2. The first-order chi connectivity index (χ1) is 15.4. The number of fused-ring (bicyclic) bond motifs is 5. The number of benzene rings is 1. The average molecular weight is 490 g/mol. The summed E-state index contributed by atoms with van der Waals surface area (Å²) in [6.07, 6.45) is 0.0956. The summed E-state index contributed by atoms with van der Waals surface area (Å²) < 4.78 is 12.4. The topological polar surface area (TPSA) is 114 Å². The number of carbonyl (C=O) groups is 2. The molecule has 10 heteroatoms. The Morgan fingerprint density at radius 3 is 2.76 bits per heavy atom. The molecule has 4 heterocycles. The number of hydrogen-bond donors (Lipinski definition) is 1. The number of ether oxygens (including phenoxy) is 2. The molecule has 2 N–H and O–H groups in total. The largest absolute Gasteiger partial charge is 0.457 e. The van der Waals surface area contributed by atoms with Gasteiger partial charge in [0.1, 0.15) is 6.61 Å². The Hall–Kier alpha value is -2.94. The first-order valence-corrected chi connectivity index (χ1v) is 10.8. The first-order valence-electron chi connectivity index (χ1n) is 10.3. The van der Waals surface area contributed by atoms with Gasteiger partial charge in [-0.05, 0) is 24.1 Å². The van der Waals surface area contributed by atoms with Crippen molar-refractivity contribution in [3.05, 3.63) is 62.9 Å². The van der Waals surface area contributed by atoms with Crippen molar-refractivity contribution in [2.75, 3.05) is 6.54 Å². The fraction of sp³-hybridized carbons (Fsp3) is 0.304. The van der Waals surface area contributed by atoms with Crippen LogP contribution in [0.1, 0.15) is 35.6 Å². The molecular formula is C23H21Cl2N3O5. The van der Waals surface area contributed by atoms with Crippen molar-refractivity contribution in [3.8, 4) is 11.4 Å². The third-order valence-corrected chi connectivity index (χ3v) is 6.54. The molecule has 0 saturated carbocycles. The van der Waals surface area contributed by atoms with Crippen LogP contribution in [0.4, 0.5) is 0 Å². The van der Waals surface area contributed by atoms with Gasteiger partial charge >= 0.3 is 11.9 Å². The molecule has 0 spiro atoms. The van der Waals surface area contributed by atoms with Crippen LogP contribution in [0.3, 0.4) is 0 Å². The molecular weight excluding hydrogens is 469 g/mol. The van der Waals surface area contributed by atoms with Gasteiger partial charge in [-0.3, -0.25) is 9.59 Å². The van der Waals surface area contributed by atoms with Crippen molar-refractivity contribution in [2.45, 2.75) is 38.0 Å². The monoisotopic (exact) mass is 489 g/mol. The Labute approximate surface area is 200 Å². The van der Waals surface area contributed by atoms with Crippen molar-refractivity contribution in [1.82, 2.24) is 9.55 Å². The van der Waals surface area contributed by atoms with Gasteiger partial charge in [0, 0.05) is 22.4 Å². The van der Waals surface area contributed by atoms with Crippen LogP contribution < -0.4 is 11.3 Å². The van der Waals surface area contributed by atoms with Crippen molar-refractivity contribution in [2.24, 2.45) is 5.73 Å². The predicted molar refractivity (Wildman–Crippen MR) is 124 cm³/mol. The number of carbonyl (C=O) groups excluding carboxylic acids is 2. The van der Waals surface area contributed by atoms with Gasteiger partial charge in [-0.25, -0.2) is 9.78 Å². The minimum Gasteiger partial charge on any atom is -0.457 e. The molecule has 0 bridgehead atoms. The number of nitrogens with two attached hydrogens (primary N) is 1. The van der Waals surface area contributed by atoms with E-state index in [1.54, 1.807) is 17.6 Å². The summed E-state index contributed by atoms with van der Waals surface area (Å²) in [5, 5.41) is 0.935. The van der Waals surface area contributed by atoms with Crippen LogP contribution in [-0.4, -0.2) is 28.0 Å². The molecule has 0 fully saturated rings. The number of halogens is 2. The zero-order valence-electron chi connectivity index (χ0n) is 17.7. The molecule has 0 unspecified atom stereocenters. The Kier molecular flexibility index (Phi) is 5.94. The van der Waals surface area contributed by atoms with Gasteiger partial charge in [-0.15, -0.1) is 24.0 Å². The molecule has 1 atom stereocenters. The van der Waals surface area contributed by atoms with Gasteiger partial charge in [0.2, 0.25) is 5.60 Å².